The molecule has 3 nitrogen and oxygen atoms in total. The molecule has 2 atom stereocenters. The Hall–Kier alpha value is -0.570. The van der Waals surface area contributed by atoms with E-state index >= 15 is 0 Å². The molecule has 2 aliphatic carbocycles. The molecule has 2 aliphatic rings. The molecule has 0 aromatic carbocycles. The van der Waals surface area contributed by atoms with Gasteiger partial charge in [-0.2, -0.15) is 0 Å². The van der Waals surface area contributed by atoms with Crippen molar-refractivity contribution in [3.8, 4) is 0 Å². The maximum Gasteiger partial charge on any atom is 0.223 e. The van der Waals surface area contributed by atoms with Crippen LogP contribution in [0.5, 0.6) is 0 Å². The molecule has 17 heavy (non-hydrogen) atoms. The first-order valence-electron chi connectivity index (χ1n) is 7.21. The van der Waals surface area contributed by atoms with Crippen molar-refractivity contribution in [3.05, 3.63) is 0 Å². The fourth-order valence-electron chi connectivity index (χ4n) is 3.27. The SMILES string of the molecule is CC1CCCC(NC(=O)C2CCC(N)CC2)C1. The molecule has 3 heteroatoms. The van der Waals surface area contributed by atoms with Gasteiger partial charge in [-0.25, -0.2) is 0 Å². The third-order valence-corrected chi connectivity index (χ3v) is 4.43. The normalized spacial score (nSPS) is 38.7. The number of amides is 1. The van der Waals surface area contributed by atoms with Crippen LogP contribution in [0.4, 0.5) is 0 Å². The summed E-state index contributed by atoms with van der Waals surface area (Å²) in [6.45, 7) is 2.29. The third-order valence-electron chi connectivity index (χ3n) is 4.43. The van der Waals surface area contributed by atoms with Gasteiger partial charge in [-0.1, -0.05) is 19.8 Å². The summed E-state index contributed by atoms with van der Waals surface area (Å²) in [5, 5.41) is 3.25. The van der Waals surface area contributed by atoms with Gasteiger partial charge in [-0.15, -0.1) is 0 Å². The second-order valence-corrected chi connectivity index (χ2v) is 6.09. The van der Waals surface area contributed by atoms with Gasteiger partial charge in [0.1, 0.15) is 0 Å². The van der Waals surface area contributed by atoms with E-state index in [0.29, 0.717) is 12.1 Å². The predicted molar refractivity (Wildman–Crippen MR) is 69.5 cm³/mol. The molecule has 3 N–H and O–H groups in total. The van der Waals surface area contributed by atoms with Gasteiger partial charge < -0.3 is 11.1 Å². The first-order chi connectivity index (χ1) is 8.15. The van der Waals surface area contributed by atoms with Crippen molar-refractivity contribution in [3.63, 3.8) is 0 Å². The van der Waals surface area contributed by atoms with Crippen molar-refractivity contribution in [2.75, 3.05) is 0 Å². The van der Waals surface area contributed by atoms with Crippen molar-refractivity contribution in [2.24, 2.45) is 17.6 Å². The Morgan fingerprint density at radius 1 is 1.12 bits per heavy atom. The molecule has 98 valence electrons. The Bertz CT molecular complexity index is 259. The van der Waals surface area contributed by atoms with E-state index in [0.717, 1.165) is 38.0 Å². The fraction of sp³-hybridized carbons (Fsp3) is 0.929. The van der Waals surface area contributed by atoms with Crippen LogP contribution in [-0.2, 0) is 4.79 Å². The van der Waals surface area contributed by atoms with Crippen LogP contribution in [0.2, 0.25) is 0 Å². The zero-order valence-corrected chi connectivity index (χ0v) is 11.0. The molecule has 2 fully saturated rings. The Morgan fingerprint density at radius 2 is 1.82 bits per heavy atom. The van der Waals surface area contributed by atoms with Gasteiger partial charge in [0.05, 0.1) is 0 Å². The van der Waals surface area contributed by atoms with Gasteiger partial charge in [0.25, 0.3) is 0 Å². The summed E-state index contributed by atoms with van der Waals surface area (Å²) in [6.07, 6.45) is 8.91. The molecule has 1 amide bonds. The maximum atomic E-state index is 12.1. The second kappa shape index (κ2) is 5.85. The van der Waals surface area contributed by atoms with E-state index in [-0.39, 0.29) is 11.8 Å². The molecule has 0 heterocycles. The van der Waals surface area contributed by atoms with E-state index in [2.05, 4.69) is 12.2 Å². The van der Waals surface area contributed by atoms with Crippen LogP contribution in [0.15, 0.2) is 0 Å². The van der Waals surface area contributed by atoms with Gasteiger partial charge in [0.15, 0.2) is 0 Å². The average molecular weight is 238 g/mol. The minimum absolute atomic E-state index is 0.229. The molecule has 0 spiro atoms. The van der Waals surface area contributed by atoms with Gasteiger partial charge in [0, 0.05) is 18.0 Å². The Kier molecular flexibility index (Phi) is 4.43. The summed E-state index contributed by atoms with van der Waals surface area (Å²) < 4.78 is 0. The number of nitrogens with one attached hydrogen (secondary N) is 1. The third kappa shape index (κ3) is 3.70. The molecule has 2 unspecified atom stereocenters. The number of carbonyl (C=O) groups is 1. The lowest BCUT2D eigenvalue weighted by Crippen LogP contribution is -2.43. The zero-order chi connectivity index (χ0) is 12.3. The molecular formula is C14H26N2O. The summed E-state index contributed by atoms with van der Waals surface area (Å²) >= 11 is 0. The van der Waals surface area contributed by atoms with Crippen LogP contribution >= 0.6 is 0 Å². The van der Waals surface area contributed by atoms with Crippen molar-refractivity contribution in [1.29, 1.82) is 0 Å². The Balaban J connectivity index is 1.76. The van der Waals surface area contributed by atoms with E-state index in [4.69, 9.17) is 5.73 Å². The standard InChI is InChI=1S/C14H26N2O/c1-10-3-2-4-13(9-10)16-14(17)11-5-7-12(15)8-6-11/h10-13H,2-9,15H2,1H3,(H,16,17). The van der Waals surface area contributed by atoms with Crippen LogP contribution in [0.1, 0.15) is 58.3 Å². The molecule has 0 bridgehead atoms. The molecule has 2 saturated carbocycles. The van der Waals surface area contributed by atoms with E-state index in [9.17, 15) is 4.79 Å². The Labute approximate surface area is 105 Å². The second-order valence-electron chi connectivity index (χ2n) is 6.09. The predicted octanol–water partition coefficient (Wildman–Crippen LogP) is 2.20. The fourth-order valence-corrected chi connectivity index (χ4v) is 3.27. The molecule has 0 saturated heterocycles. The van der Waals surface area contributed by atoms with Gasteiger partial charge in [-0.3, -0.25) is 4.79 Å². The number of carbonyl (C=O) groups excluding carboxylic acids is 1. The molecule has 0 aromatic rings. The monoisotopic (exact) mass is 238 g/mol. The zero-order valence-electron chi connectivity index (χ0n) is 11.0. The van der Waals surface area contributed by atoms with E-state index < -0.39 is 0 Å². The first-order valence-corrected chi connectivity index (χ1v) is 7.21. The highest BCUT2D eigenvalue weighted by Gasteiger charge is 2.27. The van der Waals surface area contributed by atoms with Crippen molar-refractivity contribution >= 4 is 5.91 Å². The van der Waals surface area contributed by atoms with E-state index in [1.54, 1.807) is 0 Å². The highest BCUT2D eigenvalue weighted by molar-refractivity contribution is 5.79. The van der Waals surface area contributed by atoms with Crippen molar-refractivity contribution in [2.45, 2.75) is 70.4 Å². The lowest BCUT2D eigenvalue weighted by Gasteiger charge is -2.31. The largest absolute Gasteiger partial charge is 0.353 e. The summed E-state index contributed by atoms with van der Waals surface area (Å²) in [5.74, 6) is 1.29. The van der Waals surface area contributed by atoms with E-state index in [1.165, 1.54) is 19.3 Å². The van der Waals surface area contributed by atoms with Crippen LogP contribution in [-0.4, -0.2) is 18.0 Å². The van der Waals surface area contributed by atoms with Crippen LogP contribution in [0.25, 0.3) is 0 Å². The quantitative estimate of drug-likeness (QED) is 0.775. The summed E-state index contributed by atoms with van der Waals surface area (Å²) in [5.41, 5.74) is 5.87. The number of rotatable bonds is 2. The highest BCUT2D eigenvalue weighted by atomic mass is 16.1. The highest BCUT2D eigenvalue weighted by Crippen LogP contribution is 2.26. The average Bonchev–Trinajstić information content (AvgIpc) is 2.29. The van der Waals surface area contributed by atoms with Crippen LogP contribution in [0, 0.1) is 11.8 Å². The molecule has 0 aliphatic heterocycles. The van der Waals surface area contributed by atoms with Crippen LogP contribution < -0.4 is 11.1 Å². The van der Waals surface area contributed by atoms with Crippen molar-refractivity contribution in [1.82, 2.24) is 5.32 Å². The van der Waals surface area contributed by atoms with Gasteiger partial charge in [0.2, 0.25) is 5.91 Å². The smallest absolute Gasteiger partial charge is 0.223 e. The number of hydrogen-bond donors (Lipinski definition) is 2. The molecule has 0 radical (unpaired) electrons. The van der Waals surface area contributed by atoms with Gasteiger partial charge in [-0.05, 0) is 44.4 Å². The van der Waals surface area contributed by atoms with Crippen LogP contribution in [0.3, 0.4) is 0 Å². The molecule has 2 rings (SSSR count). The lowest BCUT2D eigenvalue weighted by molar-refractivity contribution is -0.127. The minimum Gasteiger partial charge on any atom is -0.353 e. The summed E-state index contributed by atoms with van der Waals surface area (Å²) in [7, 11) is 0. The number of nitrogens with two attached hydrogens (primary N) is 1. The van der Waals surface area contributed by atoms with E-state index in [1.807, 2.05) is 0 Å². The molecule has 0 aromatic heterocycles. The molecular weight excluding hydrogens is 212 g/mol. The van der Waals surface area contributed by atoms with Crippen molar-refractivity contribution < 1.29 is 4.79 Å². The summed E-state index contributed by atoms with van der Waals surface area (Å²) in [6, 6.07) is 0.760. The summed E-state index contributed by atoms with van der Waals surface area (Å²) in [4.78, 5) is 12.1. The number of hydrogen-bond acceptors (Lipinski definition) is 2. The topological polar surface area (TPSA) is 55.1 Å². The van der Waals surface area contributed by atoms with Gasteiger partial charge >= 0.3 is 0 Å². The first kappa shape index (κ1) is 12.9. The lowest BCUT2D eigenvalue weighted by atomic mass is 9.84. The Morgan fingerprint density at radius 3 is 2.47 bits per heavy atom. The minimum atomic E-state index is 0.229. The maximum absolute atomic E-state index is 12.1.